The SMILES string of the molecule is CCCCOCCCNC(=O)NCCCCC(=O)OC. The molecule has 0 atom stereocenters. The first-order valence-electron chi connectivity index (χ1n) is 7.37. The lowest BCUT2D eigenvalue weighted by Gasteiger charge is -2.07. The maximum Gasteiger partial charge on any atom is 0.314 e. The lowest BCUT2D eigenvalue weighted by atomic mass is 10.2. The van der Waals surface area contributed by atoms with E-state index in [0.717, 1.165) is 38.7 Å². The van der Waals surface area contributed by atoms with Gasteiger partial charge in [0.25, 0.3) is 0 Å². The summed E-state index contributed by atoms with van der Waals surface area (Å²) >= 11 is 0. The Labute approximate surface area is 121 Å². The van der Waals surface area contributed by atoms with E-state index >= 15 is 0 Å². The Kier molecular flexibility index (Phi) is 13.2. The van der Waals surface area contributed by atoms with Crippen LogP contribution in [0.25, 0.3) is 0 Å². The van der Waals surface area contributed by atoms with Gasteiger partial charge >= 0.3 is 12.0 Å². The molecule has 0 aromatic heterocycles. The number of urea groups is 1. The molecule has 0 saturated heterocycles. The van der Waals surface area contributed by atoms with Crippen molar-refractivity contribution in [3.05, 3.63) is 0 Å². The molecule has 2 amide bonds. The van der Waals surface area contributed by atoms with Crippen molar-refractivity contribution in [2.75, 3.05) is 33.4 Å². The van der Waals surface area contributed by atoms with Gasteiger partial charge < -0.3 is 20.1 Å². The van der Waals surface area contributed by atoms with E-state index in [1.165, 1.54) is 7.11 Å². The maximum atomic E-state index is 11.4. The predicted molar refractivity (Wildman–Crippen MR) is 77.6 cm³/mol. The Bertz CT molecular complexity index is 260. The molecule has 0 rings (SSSR count). The standard InChI is InChI=1S/C14H28N2O4/c1-3-4-11-20-12-7-10-16-14(18)15-9-6-5-8-13(17)19-2/h3-12H2,1-2H3,(H2,15,16,18). The molecule has 0 bridgehead atoms. The average molecular weight is 288 g/mol. The summed E-state index contributed by atoms with van der Waals surface area (Å²) in [4.78, 5) is 22.2. The molecule has 6 heteroatoms. The normalized spacial score (nSPS) is 10.1. The van der Waals surface area contributed by atoms with Gasteiger partial charge in [-0.25, -0.2) is 4.79 Å². The van der Waals surface area contributed by atoms with Gasteiger partial charge in [0.2, 0.25) is 0 Å². The van der Waals surface area contributed by atoms with E-state index in [1.54, 1.807) is 0 Å². The first-order valence-corrected chi connectivity index (χ1v) is 7.37. The van der Waals surface area contributed by atoms with E-state index in [1.807, 2.05) is 0 Å². The Morgan fingerprint density at radius 1 is 0.950 bits per heavy atom. The number of carbonyl (C=O) groups is 2. The fourth-order valence-corrected chi connectivity index (χ4v) is 1.49. The smallest absolute Gasteiger partial charge is 0.314 e. The van der Waals surface area contributed by atoms with Crippen LogP contribution in [-0.4, -0.2) is 45.4 Å². The minimum atomic E-state index is -0.211. The van der Waals surface area contributed by atoms with Crippen LogP contribution >= 0.6 is 0 Å². The minimum absolute atomic E-state index is 0.170. The highest BCUT2D eigenvalue weighted by Gasteiger charge is 2.01. The van der Waals surface area contributed by atoms with Crippen molar-refractivity contribution in [3.8, 4) is 0 Å². The number of esters is 1. The number of ether oxygens (including phenoxy) is 2. The highest BCUT2D eigenvalue weighted by molar-refractivity contribution is 5.73. The zero-order valence-electron chi connectivity index (χ0n) is 12.7. The highest BCUT2D eigenvalue weighted by Crippen LogP contribution is 1.95. The van der Waals surface area contributed by atoms with Gasteiger partial charge in [-0.05, 0) is 25.7 Å². The number of carbonyl (C=O) groups excluding carboxylic acids is 2. The lowest BCUT2D eigenvalue weighted by Crippen LogP contribution is -2.36. The van der Waals surface area contributed by atoms with E-state index in [9.17, 15) is 9.59 Å². The monoisotopic (exact) mass is 288 g/mol. The molecule has 0 heterocycles. The number of hydrogen-bond acceptors (Lipinski definition) is 4. The summed E-state index contributed by atoms with van der Waals surface area (Å²) in [6.45, 7) is 4.78. The molecule has 0 spiro atoms. The fourth-order valence-electron chi connectivity index (χ4n) is 1.49. The Morgan fingerprint density at radius 3 is 2.25 bits per heavy atom. The topological polar surface area (TPSA) is 76.7 Å². The summed E-state index contributed by atoms with van der Waals surface area (Å²) < 4.78 is 9.91. The van der Waals surface area contributed by atoms with E-state index in [0.29, 0.717) is 26.1 Å². The molecule has 2 N–H and O–H groups in total. The number of methoxy groups -OCH3 is 1. The van der Waals surface area contributed by atoms with Crippen LogP contribution in [0.1, 0.15) is 45.4 Å². The van der Waals surface area contributed by atoms with Crippen LogP contribution in [-0.2, 0) is 14.3 Å². The molecule has 0 aliphatic rings. The first-order chi connectivity index (χ1) is 9.70. The van der Waals surface area contributed by atoms with Crippen LogP contribution in [0.15, 0.2) is 0 Å². The van der Waals surface area contributed by atoms with Crippen LogP contribution in [0, 0.1) is 0 Å². The van der Waals surface area contributed by atoms with Crippen LogP contribution in [0.2, 0.25) is 0 Å². The van der Waals surface area contributed by atoms with Gasteiger partial charge in [-0.2, -0.15) is 0 Å². The Balaban J connectivity index is 3.23. The molecule has 0 aliphatic carbocycles. The van der Waals surface area contributed by atoms with Gasteiger partial charge in [0, 0.05) is 32.7 Å². The van der Waals surface area contributed by atoms with Crippen molar-refractivity contribution in [2.45, 2.75) is 45.4 Å². The number of amides is 2. The van der Waals surface area contributed by atoms with Crippen LogP contribution in [0.5, 0.6) is 0 Å². The van der Waals surface area contributed by atoms with E-state index in [4.69, 9.17) is 4.74 Å². The molecule has 0 aromatic carbocycles. The maximum absolute atomic E-state index is 11.4. The number of unbranched alkanes of at least 4 members (excludes halogenated alkanes) is 2. The number of hydrogen-bond donors (Lipinski definition) is 2. The van der Waals surface area contributed by atoms with Crippen molar-refractivity contribution in [1.82, 2.24) is 10.6 Å². The Hall–Kier alpha value is -1.30. The second-order valence-corrected chi connectivity index (χ2v) is 4.54. The number of nitrogens with one attached hydrogen (secondary N) is 2. The van der Waals surface area contributed by atoms with Crippen molar-refractivity contribution < 1.29 is 19.1 Å². The predicted octanol–water partition coefficient (Wildman–Crippen LogP) is 1.84. The third-order valence-corrected chi connectivity index (χ3v) is 2.71. The largest absolute Gasteiger partial charge is 0.469 e. The average Bonchev–Trinajstić information content (AvgIpc) is 2.45. The summed E-state index contributed by atoms with van der Waals surface area (Å²) in [5.41, 5.74) is 0. The molecule has 0 aromatic rings. The quantitative estimate of drug-likeness (QED) is 0.424. The molecule has 0 unspecified atom stereocenters. The second kappa shape index (κ2) is 14.1. The third-order valence-electron chi connectivity index (χ3n) is 2.71. The van der Waals surface area contributed by atoms with E-state index in [2.05, 4.69) is 22.3 Å². The van der Waals surface area contributed by atoms with Crippen LogP contribution in [0.3, 0.4) is 0 Å². The lowest BCUT2D eigenvalue weighted by molar-refractivity contribution is -0.140. The van der Waals surface area contributed by atoms with Gasteiger partial charge in [0.15, 0.2) is 0 Å². The number of rotatable bonds is 12. The zero-order valence-corrected chi connectivity index (χ0v) is 12.7. The minimum Gasteiger partial charge on any atom is -0.469 e. The molecule has 6 nitrogen and oxygen atoms in total. The molecule has 0 radical (unpaired) electrons. The first kappa shape index (κ1) is 18.7. The fraction of sp³-hybridized carbons (Fsp3) is 0.857. The van der Waals surface area contributed by atoms with Gasteiger partial charge in [-0.15, -0.1) is 0 Å². The molecule has 20 heavy (non-hydrogen) atoms. The van der Waals surface area contributed by atoms with Crippen molar-refractivity contribution in [2.24, 2.45) is 0 Å². The summed E-state index contributed by atoms with van der Waals surface area (Å²) in [5.74, 6) is -0.211. The van der Waals surface area contributed by atoms with Gasteiger partial charge in [-0.3, -0.25) is 4.79 Å². The van der Waals surface area contributed by atoms with Crippen molar-refractivity contribution in [3.63, 3.8) is 0 Å². The molecule has 0 saturated carbocycles. The van der Waals surface area contributed by atoms with Crippen LogP contribution in [0.4, 0.5) is 4.79 Å². The van der Waals surface area contributed by atoms with Gasteiger partial charge in [-0.1, -0.05) is 13.3 Å². The van der Waals surface area contributed by atoms with Gasteiger partial charge in [0.1, 0.15) is 0 Å². The van der Waals surface area contributed by atoms with E-state index < -0.39 is 0 Å². The summed E-state index contributed by atoms with van der Waals surface area (Å²) in [7, 11) is 1.37. The zero-order chi connectivity index (χ0) is 15.1. The summed E-state index contributed by atoms with van der Waals surface area (Å²) in [6.07, 6.45) is 4.92. The summed E-state index contributed by atoms with van der Waals surface area (Å²) in [5, 5.41) is 5.51. The molecular formula is C14H28N2O4. The highest BCUT2D eigenvalue weighted by atomic mass is 16.5. The van der Waals surface area contributed by atoms with Gasteiger partial charge in [0.05, 0.1) is 7.11 Å². The molecule has 0 aliphatic heterocycles. The molecule has 0 fully saturated rings. The van der Waals surface area contributed by atoms with Crippen molar-refractivity contribution in [1.29, 1.82) is 0 Å². The summed E-state index contributed by atoms with van der Waals surface area (Å²) in [6, 6.07) is -0.170. The second-order valence-electron chi connectivity index (χ2n) is 4.54. The van der Waals surface area contributed by atoms with Crippen LogP contribution < -0.4 is 10.6 Å². The Morgan fingerprint density at radius 2 is 1.60 bits per heavy atom. The third kappa shape index (κ3) is 13.1. The van der Waals surface area contributed by atoms with E-state index in [-0.39, 0.29) is 12.0 Å². The molecule has 118 valence electrons. The molecular weight excluding hydrogens is 260 g/mol. The van der Waals surface area contributed by atoms with Crippen molar-refractivity contribution >= 4 is 12.0 Å².